The highest BCUT2D eigenvalue weighted by Gasteiger charge is 2.49. The summed E-state index contributed by atoms with van der Waals surface area (Å²) in [6.07, 6.45) is 1.22. The van der Waals surface area contributed by atoms with E-state index in [4.69, 9.17) is 4.74 Å². The van der Waals surface area contributed by atoms with E-state index in [9.17, 15) is 4.79 Å². The quantitative estimate of drug-likeness (QED) is 0.856. The van der Waals surface area contributed by atoms with Crippen molar-refractivity contribution in [3.05, 3.63) is 35.4 Å². The van der Waals surface area contributed by atoms with E-state index in [0.717, 1.165) is 30.8 Å². The molecule has 1 spiro atoms. The van der Waals surface area contributed by atoms with E-state index < -0.39 is 0 Å². The standard InChI is InChI=1S/C18H26N2O2/c1-14(2)19-9-8-18(11-19)12-20(13-18)17(21)16-6-4-15(5-7-16)10-22-3/h4-7,14H,8-13H2,1-3H3. The highest BCUT2D eigenvalue weighted by molar-refractivity contribution is 5.94. The molecule has 0 saturated carbocycles. The molecule has 2 heterocycles. The molecule has 0 aliphatic carbocycles. The van der Waals surface area contributed by atoms with E-state index in [1.807, 2.05) is 29.2 Å². The summed E-state index contributed by atoms with van der Waals surface area (Å²) in [6.45, 7) is 9.23. The number of carbonyl (C=O) groups excluding carboxylic acids is 1. The van der Waals surface area contributed by atoms with Gasteiger partial charge in [-0.05, 0) is 44.5 Å². The van der Waals surface area contributed by atoms with Gasteiger partial charge >= 0.3 is 0 Å². The zero-order chi connectivity index (χ0) is 15.7. The van der Waals surface area contributed by atoms with Gasteiger partial charge in [0.15, 0.2) is 0 Å². The molecule has 0 bridgehead atoms. The molecule has 120 valence electrons. The fourth-order valence-corrected chi connectivity index (χ4v) is 3.67. The minimum absolute atomic E-state index is 0.164. The van der Waals surface area contributed by atoms with Crippen molar-refractivity contribution < 1.29 is 9.53 Å². The Balaban J connectivity index is 1.57. The third-order valence-electron chi connectivity index (χ3n) is 5.05. The first-order valence-electron chi connectivity index (χ1n) is 8.14. The van der Waals surface area contributed by atoms with Gasteiger partial charge in [0.1, 0.15) is 0 Å². The molecule has 0 N–H and O–H groups in total. The predicted octanol–water partition coefficient (Wildman–Crippen LogP) is 2.39. The molecule has 2 aliphatic rings. The first kappa shape index (κ1) is 15.5. The van der Waals surface area contributed by atoms with Crippen LogP contribution in [0.15, 0.2) is 24.3 Å². The Morgan fingerprint density at radius 1 is 1.23 bits per heavy atom. The van der Waals surface area contributed by atoms with E-state index in [1.165, 1.54) is 13.0 Å². The van der Waals surface area contributed by atoms with Crippen molar-refractivity contribution in [3.8, 4) is 0 Å². The van der Waals surface area contributed by atoms with Crippen LogP contribution in [0.2, 0.25) is 0 Å². The van der Waals surface area contributed by atoms with Crippen LogP contribution in [0, 0.1) is 5.41 Å². The predicted molar refractivity (Wildman–Crippen MR) is 86.8 cm³/mol. The maximum Gasteiger partial charge on any atom is 0.253 e. The third kappa shape index (κ3) is 2.90. The van der Waals surface area contributed by atoms with Crippen LogP contribution in [0.25, 0.3) is 0 Å². The van der Waals surface area contributed by atoms with E-state index in [-0.39, 0.29) is 5.91 Å². The number of rotatable bonds is 4. The van der Waals surface area contributed by atoms with Crippen LogP contribution in [-0.4, -0.2) is 55.0 Å². The second-order valence-corrected chi connectivity index (χ2v) is 7.11. The van der Waals surface area contributed by atoms with Crippen LogP contribution in [0.3, 0.4) is 0 Å². The number of nitrogens with zero attached hydrogens (tertiary/aromatic N) is 2. The lowest BCUT2D eigenvalue weighted by Crippen LogP contribution is -2.59. The minimum Gasteiger partial charge on any atom is -0.380 e. The van der Waals surface area contributed by atoms with Gasteiger partial charge in [0.2, 0.25) is 0 Å². The number of amides is 1. The molecule has 0 radical (unpaired) electrons. The van der Waals surface area contributed by atoms with Crippen LogP contribution in [0.5, 0.6) is 0 Å². The summed E-state index contributed by atoms with van der Waals surface area (Å²) in [7, 11) is 1.68. The van der Waals surface area contributed by atoms with E-state index in [0.29, 0.717) is 18.1 Å². The minimum atomic E-state index is 0.164. The molecule has 2 saturated heterocycles. The lowest BCUT2D eigenvalue weighted by molar-refractivity contribution is 0.00934. The lowest BCUT2D eigenvalue weighted by Gasteiger charge is -2.48. The number of methoxy groups -OCH3 is 1. The van der Waals surface area contributed by atoms with Gasteiger partial charge in [-0.1, -0.05) is 12.1 Å². The van der Waals surface area contributed by atoms with Gasteiger partial charge in [-0.25, -0.2) is 0 Å². The maximum atomic E-state index is 12.5. The monoisotopic (exact) mass is 302 g/mol. The first-order chi connectivity index (χ1) is 10.5. The molecule has 2 fully saturated rings. The normalized spacial score (nSPS) is 20.6. The summed E-state index contributed by atoms with van der Waals surface area (Å²) in [6, 6.07) is 8.38. The van der Waals surface area contributed by atoms with E-state index >= 15 is 0 Å². The lowest BCUT2D eigenvalue weighted by atomic mass is 9.78. The van der Waals surface area contributed by atoms with Gasteiger partial charge < -0.3 is 14.5 Å². The van der Waals surface area contributed by atoms with Crippen molar-refractivity contribution in [2.45, 2.75) is 32.9 Å². The SMILES string of the molecule is COCc1ccc(C(=O)N2CC3(CCN(C(C)C)C3)C2)cc1. The second kappa shape index (κ2) is 6.01. The number of hydrogen-bond acceptors (Lipinski definition) is 3. The fourth-order valence-electron chi connectivity index (χ4n) is 3.67. The van der Waals surface area contributed by atoms with Crippen molar-refractivity contribution in [2.24, 2.45) is 5.41 Å². The van der Waals surface area contributed by atoms with Gasteiger partial charge in [0, 0.05) is 43.8 Å². The largest absolute Gasteiger partial charge is 0.380 e. The zero-order valence-corrected chi connectivity index (χ0v) is 13.8. The number of hydrogen-bond donors (Lipinski definition) is 0. The summed E-state index contributed by atoms with van der Waals surface area (Å²) in [5, 5.41) is 0. The van der Waals surface area contributed by atoms with Crippen molar-refractivity contribution in [1.82, 2.24) is 9.80 Å². The van der Waals surface area contributed by atoms with Crippen LogP contribution < -0.4 is 0 Å². The molecule has 3 rings (SSSR count). The molecule has 0 atom stereocenters. The average molecular weight is 302 g/mol. The van der Waals surface area contributed by atoms with Gasteiger partial charge in [-0.3, -0.25) is 4.79 Å². The maximum absolute atomic E-state index is 12.5. The van der Waals surface area contributed by atoms with E-state index in [2.05, 4.69) is 18.7 Å². The topological polar surface area (TPSA) is 32.8 Å². The summed E-state index contributed by atoms with van der Waals surface area (Å²) in [5.74, 6) is 0.164. The molecule has 22 heavy (non-hydrogen) atoms. The number of carbonyl (C=O) groups is 1. The Morgan fingerprint density at radius 2 is 1.91 bits per heavy atom. The molecule has 1 aromatic carbocycles. The molecule has 2 aliphatic heterocycles. The molecule has 0 unspecified atom stereocenters. The van der Waals surface area contributed by atoms with Crippen LogP contribution in [0.1, 0.15) is 36.2 Å². The average Bonchev–Trinajstić information content (AvgIpc) is 2.92. The number of likely N-dealkylation sites (tertiary alicyclic amines) is 2. The highest BCUT2D eigenvalue weighted by atomic mass is 16.5. The van der Waals surface area contributed by atoms with Crippen molar-refractivity contribution in [2.75, 3.05) is 33.3 Å². The van der Waals surface area contributed by atoms with Crippen molar-refractivity contribution >= 4 is 5.91 Å². The molecule has 4 heteroatoms. The molecule has 1 aromatic rings. The van der Waals surface area contributed by atoms with Gasteiger partial charge in [-0.2, -0.15) is 0 Å². The molecule has 0 aromatic heterocycles. The molecular weight excluding hydrogens is 276 g/mol. The number of ether oxygens (including phenoxy) is 1. The third-order valence-corrected chi connectivity index (χ3v) is 5.05. The number of benzene rings is 1. The Bertz CT molecular complexity index is 533. The van der Waals surface area contributed by atoms with Gasteiger partial charge in [0.05, 0.1) is 6.61 Å². The van der Waals surface area contributed by atoms with Crippen LogP contribution >= 0.6 is 0 Å². The zero-order valence-electron chi connectivity index (χ0n) is 13.8. The van der Waals surface area contributed by atoms with Crippen LogP contribution in [-0.2, 0) is 11.3 Å². The van der Waals surface area contributed by atoms with Crippen LogP contribution in [0.4, 0.5) is 0 Å². The van der Waals surface area contributed by atoms with Gasteiger partial charge in [-0.15, -0.1) is 0 Å². The second-order valence-electron chi connectivity index (χ2n) is 7.11. The molecule has 1 amide bonds. The summed E-state index contributed by atoms with van der Waals surface area (Å²) in [4.78, 5) is 17.1. The molecular formula is C18H26N2O2. The smallest absolute Gasteiger partial charge is 0.253 e. The Labute approximate surface area is 133 Å². The highest BCUT2D eigenvalue weighted by Crippen LogP contribution is 2.40. The summed E-state index contributed by atoms with van der Waals surface area (Å²) < 4.78 is 5.10. The Kier molecular flexibility index (Phi) is 4.24. The van der Waals surface area contributed by atoms with Crippen molar-refractivity contribution in [3.63, 3.8) is 0 Å². The summed E-state index contributed by atoms with van der Waals surface area (Å²) >= 11 is 0. The Hall–Kier alpha value is -1.39. The first-order valence-corrected chi connectivity index (χ1v) is 8.14. The molecule has 4 nitrogen and oxygen atoms in total. The summed E-state index contributed by atoms with van der Waals surface area (Å²) in [5.41, 5.74) is 2.24. The van der Waals surface area contributed by atoms with Crippen molar-refractivity contribution in [1.29, 1.82) is 0 Å². The van der Waals surface area contributed by atoms with E-state index in [1.54, 1.807) is 7.11 Å². The fraction of sp³-hybridized carbons (Fsp3) is 0.611. The Morgan fingerprint density at radius 3 is 2.45 bits per heavy atom. The van der Waals surface area contributed by atoms with Gasteiger partial charge in [0.25, 0.3) is 5.91 Å².